The van der Waals surface area contributed by atoms with Gasteiger partial charge in [-0.15, -0.1) is 0 Å². The summed E-state index contributed by atoms with van der Waals surface area (Å²) in [5, 5.41) is 3.57. The van der Waals surface area contributed by atoms with Crippen LogP contribution in [0.4, 0.5) is 0 Å². The molecule has 0 aliphatic carbocycles. The van der Waals surface area contributed by atoms with Gasteiger partial charge in [0.2, 0.25) is 0 Å². The second kappa shape index (κ2) is 4.63. The van der Waals surface area contributed by atoms with Crippen molar-refractivity contribution in [3.63, 3.8) is 0 Å². The van der Waals surface area contributed by atoms with Crippen LogP contribution < -0.4 is 5.32 Å². The van der Waals surface area contributed by atoms with E-state index in [1.807, 2.05) is 0 Å². The average molecular weight is 226 g/mol. The van der Waals surface area contributed by atoms with Crippen LogP contribution in [0.15, 0.2) is 0 Å². The standard InChI is InChI=1S/C13H26N2O/c1-10-7-15(8-11(2)14-10)9-12-5-6-13(3,4)16-12/h10-12,14H,5-9H2,1-4H3. The van der Waals surface area contributed by atoms with Gasteiger partial charge in [-0.25, -0.2) is 0 Å². The molecule has 3 unspecified atom stereocenters. The van der Waals surface area contributed by atoms with Crippen molar-refractivity contribution < 1.29 is 4.74 Å². The first kappa shape index (κ1) is 12.3. The molecule has 0 radical (unpaired) electrons. The first-order valence-corrected chi connectivity index (χ1v) is 6.61. The molecule has 2 saturated heterocycles. The SMILES string of the molecule is CC1CN(CC2CCC(C)(C)O2)CC(C)N1. The van der Waals surface area contributed by atoms with Gasteiger partial charge in [0.25, 0.3) is 0 Å². The highest BCUT2D eigenvalue weighted by atomic mass is 16.5. The fourth-order valence-corrected chi connectivity index (χ4v) is 3.08. The third-order valence-electron chi connectivity index (χ3n) is 3.65. The maximum absolute atomic E-state index is 6.06. The number of hydrogen-bond donors (Lipinski definition) is 1. The van der Waals surface area contributed by atoms with Crippen LogP contribution >= 0.6 is 0 Å². The zero-order valence-electron chi connectivity index (χ0n) is 11.1. The molecule has 2 heterocycles. The topological polar surface area (TPSA) is 24.5 Å². The molecule has 2 aliphatic rings. The van der Waals surface area contributed by atoms with Crippen LogP contribution in [0.2, 0.25) is 0 Å². The van der Waals surface area contributed by atoms with Crippen LogP contribution in [0.1, 0.15) is 40.5 Å². The Bertz CT molecular complexity index is 232. The Labute approximate surface area is 99.5 Å². The zero-order valence-corrected chi connectivity index (χ0v) is 11.1. The molecule has 94 valence electrons. The van der Waals surface area contributed by atoms with Gasteiger partial charge in [-0.1, -0.05) is 0 Å². The van der Waals surface area contributed by atoms with Gasteiger partial charge in [-0.3, -0.25) is 4.90 Å². The lowest BCUT2D eigenvalue weighted by Gasteiger charge is -2.37. The number of rotatable bonds is 2. The lowest BCUT2D eigenvalue weighted by molar-refractivity contribution is -0.0326. The van der Waals surface area contributed by atoms with E-state index < -0.39 is 0 Å². The van der Waals surface area contributed by atoms with E-state index in [9.17, 15) is 0 Å². The highest BCUT2D eigenvalue weighted by Crippen LogP contribution is 2.29. The summed E-state index contributed by atoms with van der Waals surface area (Å²) in [5.74, 6) is 0. The third kappa shape index (κ3) is 3.19. The molecule has 0 amide bonds. The van der Waals surface area contributed by atoms with Crippen LogP contribution in [0.25, 0.3) is 0 Å². The first-order valence-electron chi connectivity index (χ1n) is 6.61. The maximum Gasteiger partial charge on any atom is 0.0710 e. The average Bonchev–Trinajstić information content (AvgIpc) is 2.43. The van der Waals surface area contributed by atoms with Crippen molar-refractivity contribution >= 4 is 0 Å². The normalized spacial score (nSPS) is 40.1. The molecule has 2 fully saturated rings. The van der Waals surface area contributed by atoms with E-state index in [1.165, 1.54) is 12.8 Å². The van der Waals surface area contributed by atoms with Gasteiger partial charge >= 0.3 is 0 Å². The van der Waals surface area contributed by atoms with Gasteiger partial charge in [0.1, 0.15) is 0 Å². The largest absolute Gasteiger partial charge is 0.371 e. The molecule has 0 aromatic carbocycles. The molecule has 0 bridgehead atoms. The molecule has 0 spiro atoms. The molecule has 1 N–H and O–H groups in total. The second-order valence-corrected chi connectivity index (χ2v) is 6.23. The predicted octanol–water partition coefficient (Wildman–Crippen LogP) is 1.63. The third-order valence-corrected chi connectivity index (χ3v) is 3.65. The van der Waals surface area contributed by atoms with Crippen molar-refractivity contribution in [3.8, 4) is 0 Å². The number of nitrogens with zero attached hydrogens (tertiary/aromatic N) is 1. The smallest absolute Gasteiger partial charge is 0.0710 e. The van der Waals surface area contributed by atoms with Crippen molar-refractivity contribution in [2.24, 2.45) is 0 Å². The predicted molar refractivity (Wildman–Crippen MR) is 66.7 cm³/mol. The number of piperazine rings is 1. The molecule has 2 aliphatic heterocycles. The summed E-state index contributed by atoms with van der Waals surface area (Å²) < 4.78 is 6.06. The Kier molecular flexibility index (Phi) is 3.57. The molecule has 3 nitrogen and oxygen atoms in total. The van der Waals surface area contributed by atoms with E-state index in [0.717, 1.165) is 19.6 Å². The number of hydrogen-bond acceptors (Lipinski definition) is 3. The molecular weight excluding hydrogens is 200 g/mol. The zero-order chi connectivity index (χ0) is 11.8. The molecule has 3 atom stereocenters. The van der Waals surface area contributed by atoms with Gasteiger partial charge in [-0.05, 0) is 40.5 Å². The Morgan fingerprint density at radius 1 is 1.25 bits per heavy atom. The van der Waals surface area contributed by atoms with Gasteiger partial charge in [0.05, 0.1) is 11.7 Å². The summed E-state index contributed by atoms with van der Waals surface area (Å²) in [6.45, 7) is 12.4. The summed E-state index contributed by atoms with van der Waals surface area (Å²) in [6, 6.07) is 1.22. The molecule has 0 aromatic rings. The summed E-state index contributed by atoms with van der Waals surface area (Å²) in [6.07, 6.45) is 2.88. The van der Waals surface area contributed by atoms with E-state index in [-0.39, 0.29) is 5.60 Å². The molecule has 0 saturated carbocycles. The van der Waals surface area contributed by atoms with Crippen molar-refractivity contribution in [3.05, 3.63) is 0 Å². The lowest BCUT2D eigenvalue weighted by Crippen LogP contribution is -2.55. The number of ether oxygens (including phenoxy) is 1. The van der Waals surface area contributed by atoms with Crippen LogP contribution in [0, 0.1) is 0 Å². The molecule has 0 aromatic heterocycles. The Balaban J connectivity index is 1.81. The van der Waals surface area contributed by atoms with Crippen LogP contribution in [0.3, 0.4) is 0 Å². The van der Waals surface area contributed by atoms with E-state index in [1.54, 1.807) is 0 Å². The van der Waals surface area contributed by atoms with E-state index >= 15 is 0 Å². The van der Waals surface area contributed by atoms with E-state index in [2.05, 4.69) is 37.9 Å². The maximum atomic E-state index is 6.06. The molecular formula is C13H26N2O. The molecule has 16 heavy (non-hydrogen) atoms. The van der Waals surface area contributed by atoms with Gasteiger partial charge in [0, 0.05) is 31.7 Å². The Morgan fingerprint density at radius 2 is 1.88 bits per heavy atom. The summed E-state index contributed by atoms with van der Waals surface area (Å²) in [7, 11) is 0. The van der Waals surface area contributed by atoms with Gasteiger partial charge in [-0.2, -0.15) is 0 Å². The van der Waals surface area contributed by atoms with Crippen molar-refractivity contribution in [2.75, 3.05) is 19.6 Å². The minimum absolute atomic E-state index is 0.107. The highest BCUT2D eigenvalue weighted by Gasteiger charge is 2.33. The van der Waals surface area contributed by atoms with Crippen molar-refractivity contribution in [2.45, 2.75) is 64.3 Å². The minimum atomic E-state index is 0.107. The van der Waals surface area contributed by atoms with E-state index in [0.29, 0.717) is 18.2 Å². The monoisotopic (exact) mass is 226 g/mol. The lowest BCUT2D eigenvalue weighted by atomic mass is 10.0. The molecule has 2 rings (SSSR count). The van der Waals surface area contributed by atoms with Crippen LogP contribution in [0.5, 0.6) is 0 Å². The number of nitrogens with one attached hydrogen (secondary N) is 1. The first-order chi connectivity index (χ1) is 7.44. The van der Waals surface area contributed by atoms with Gasteiger partial charge in [0.15, 0.2) is 0 Å². The van der Waals surface area contributed by atoms with E-state index in [4.69, 9.17) is 4.74 Å². The highest BCUT2D eigenvalue weighted by molar-refractivity contribution is 4.86. The quantitative estimate of drug-likeness (QED) is 0.774. The fourth-order valence-electron chi connectivity index (χ4n) is 3.08. The fraction of sp³-hybridized carbons (Fsp3) is 1.00. The van der Waals surface area contributed by atoms with Crippen molar-refractivity contribution in [1.82, 2.24) is 10.2 Å². The summed E-state index contributed by atoms with van der Waals surface area (Å²) in [5.41, 5.74) is 0.107. The molecule has 3 heteroatoms. The van der Waals surface area contributed by atoms with Gasteiger partial charge < -0.3 is 10.1 Å². The Hall–Kier alpha value is -0.120. The van der Waals surface area contributed by atoms with Crippen LogP contribution in [-0.2, 0) is 4.74 Å². The summed E-state index contributed by atoms with van der Waals surface area (Å²) in [4.78, 5) is 2.55. The summed E-state index contributed by atoms with van der Waals surface area (Å²) >= 11 is 0. The van der Waals surface area contributed by atoms with Crippen LogP contribution in [-0.4, -0.2) is 48.3 Å². The van der Waals surface area contributed by atoms with Crippen molar-refractivity contribution in [1.29, 1.82) is 0 Å². The second-order valence-electron chi connectivity index (χ2n) is 6.23. The minimum Gasteiger partial charge on any atom is -0.371 e. The Morgan fingerprint density at radius 3 is 2.38 bits per heavy atom.